The zero-order valence-corrected chi connectivity index (χ0v) is 18.5. The minimum atomic E-state index is 0.455. The summed E-state index contributed by atoms with van der Waals surface area (Å²) in [6.45, 7) is 5.06. The summed E-state index contributed by atoms with van der Waals surface area (Å²) in [5.74, 6) is 1.38. The van der Waals surface area contributed by atoms with Crippen LogP contribution in [0.2, 0.25) is 0 Å². The van der Waals surface area contributed by atoms with Crippen molar-refractivity contribution >= 4 is 0 Å². The molecule has 1 aromatic heterocycles. The van der Waals surface area contributed by atoms with E-state index in [4.69, 9.17) is 14.5 Å². The fourth-order valence-electron chi connectivity index (χ4n) is 3.53. The SMILES string of the molecule is CCCCc1nc(C)nc(OCCOC)c1Cc1ccc(-c2ccccc2C#N)cc1. The predicted molar refractivity (Wildman–Crippen MR) is 122 cm³/mol. The van der Waals surface area contributed by atoms with Crippen LogP contribution in [0.1, 0.15) is 48.0 Å². The van der Waals surface area contributed by atoms with Crippen LogP contribution in [0.5, 0.6) is 5.88 Å². The maximum atomic E-state index is 9.39. The Kier molecular flexibility index (Phi) is 8.14. The molecule has 0 unspecified atom stereocenters. The van der Waals surface area contributed by atoms with Crippen molar-refractivity contribution in [3.63, 3.8) is 0 Å². The van der Waals surface area contributed by atoms with Gasteiger partial charge in [0, 0.05) is 19.1 Å². The highest BCUT2D eigenvalue weighted by Gasteiger charge is 2.15. The molecular formula is C26H29N3O2. The molecule has 0 amide bonds. The average molecular weight is 416 g/mol. The summed E-state index contributed by atoms with van der Waals surface area (Å²) in [7, 11) is 1.66. The maximum absolute atomic E-state index is 9.39. The summed E-state index contributed by atoms with van der Waals surface area (Å²) in [6.07, 6.45) is 3.78. The van der Waals surface area contributed by atoms with Gasteiger partial charge in [-0.25, -0.2) is 4.98 Å². The standard InChI is InChI=1S/C26H29N3O2/c1-4-5-10-25-24(26(29-19(2)28-25)31-16-15-30-3)17-20-11-13-21(14-12-20)23-9-7-6-8-22(23)18-27/h6-9,11-14H,4-5,10,15-17H2,1-3H3. The van der Waals surface area contributed by atoms with Crippen LogP contribution in [0.15, 0.2) is 48.5 Å². The van der Waals surface area contributed by atoms with Gasteiger partial charge in [0.1, 0.15) is 12.4 Å². The van der Waals surface area contributed by atoms with Crippen molar-refractivity contribution in [2.45, 2.75) is 39.5 Å². The normalized spacial score (nSPS) is 10.6. The second-order valence-corrected chi connectivity index (χ2v) is 7.48. The van der Waals surface area contributed by atoms with Crippen LogP contribution in [0, 0.1) is 18.3 Å². The topological polar surface area (TPSA) is 68.0 Å². The van der Waals surface area contributed by atoms with Crippen LogP contribution in [0.4, 0.5) is 0 Å². The second-order valence-electron chi connectivity index (χ2n) is 7.48. The molecule has 31 heavy (non-hydrogen) atoms. The Labute approximate surface area is 184 Å². The van der Waals surface area contributed by atoms with Gasteiger partial charge in [0.25, 0.3) is 0 Å². The number of nitrogens with zero attached hydrogens (tertiary/aromatic N) is 3. The van der Waals surface area contributed by atoms with Crippen LogP contribution in [-0.2, 0) is 17.6 Å². The lowest BCUT2D eigenvalue weighted by Gasteiger charge is -2.15. The van der Waals surface area contributed by atoms with E-state index >= 15 is 0 Å². The quantitative estimate of drug-likeness (QED) is 0.421. The van der Waals surface area contributed by atoms with Gasteiger partial charge in [0.15, 0.2) is 0 Å². The summed E-state index contributed by atoms with van der Waals surface area (Å²) < 4.78 is 11.1. The molecule has 0 aliphatic rings. The van der Waals surface area contributed by atoms with Crippen molar-refractivity contribution in [1.29, 1.82) is 5.26 Å². The number of nitriles is 1. The Morgan fingerprint density at radius 3 is 2.48 bits per heavy atom. The van der Waals surface area contributed by atoms with Gasteiger partial charge in [-0.3, -0.25) is 0 Å². The first-order valence-electron chi connectivity index (χ1n) is 10.7. The Morgan fingerprint density at radius 1 is 1.00 bits per heavy atom. The molecule has 160 valence electrons. The number of aryl methyl sites for hydroxylation is 2. The van der Waals surface area contributed by atoms with Gasteiger partial charge in [0.05, 0.1) is 23.9 Å². The first kappa shape index (κ1) is 22.5. The summed E-state index contributed by atoms with van der Waals surface area (Å²) >= 11 is 0. The number of methoxy groups -OCH3 is 1. The lowest BCUT2D eigenvalue weighted by Crippen LogP contribution is -2.12. The van der Waals surface area contributed by atoms with E-state index in [9.17, 15) is 5.26 Å². The molecule has 0 saturated heterocycles. The molecule has 0 aliphatic carbocycles. The Balaban J connectivity index is 1.90. The predicted octanol–water partition coefficient (Wildman–Crippen LogP) is 5.28. The van der Waals surface area contributed by atoms with E-state index in [0.29, 0.717) is 31.1 Å². The van der Waals surface area contributed by atoms with Crippen LogP contribution >= 0.6 is 0 Å². The molecule has 0 N–H and O–H groups in total. The minimum absolute atomic E-state index is 0.455. The molecule has 3 aromatic rings. The van der Waals surface area contributed by atoms with Crippen LogP contribution in [0.3, 0.4) is 0 Å². The Bertz CT molecular complexity index is 1040. The third-order valence-electron chi connectivity index (χ3n) is 5.15. The minimum Gasteiger partial charge on any atom is -0.475 e. The van der Waals surface area contributed by atoms with Gasteiger partial charge in [-0.05, 0) is 42.5 Å². The average Bonchev–Trinajstić information content (AvgIpc) is 2.80. The van der Waals surface area contributed by atoms with E-state index < -0.39 is 0 Å². The van der Waals surface area contributed by atoms with Crippen LogP contribution in [0.25, 0.3) is 11.1 Å². The smallest absolute Gasteiger partial charge is 0.220 e. The summed E-state index contributed by atoms with van der Waals surface area (Å²) in [5, 5.41) is 9.39. The zero-order valence-electron chi connectivity index (χ0n) is 18.5. The highest BCUT2D eigenvalue weighted by molar-refractivity contribution is 5.70. The van der Waals surface area contributed by atoms with Gasteiger partial charge < -0.3 is 9.47 Å². The van der Waals surface area contributed by atoms with Crippen molar-refractivity contribution in [3.8, 4) is 23.1 Å². The van der Waals surface area contributed by atoms with E-state index in [1.807, 2.05) is 31.2 Å². The van der Waals surface area contributed by atoms with E-state index in [0.717, 1.165) is 53.0 Å². The maximum Gasteiger partial charge on any atom is 0.220 e. The number of ether oxygens (including phenoxy) is 2. The van der Waals surface area contributed by atoms with Crippen molar-refractivity contribution in [2.24, 2.45) is 0 Å². The number of hydrogen-bond donors (Lipinski definition) is 0. The number of unbranched alkanes of at least 4 members (excludes halogenated alkanes) is 1. The first-order valence-corrected chi connectivity index (χ1v) is 10.7. The van der Waals surface area contributed by atoms with E-state index in [-0.39, 0.29) is 0 Å². The molecule has 0 bridgehead atoms. The summed E-state index contributed by atoms with van der Waals surface area (Å²) in [6, 6.07) is 18.3. The molecule has 0 radical (unpaired) electrons. The molecule has 5 nitrogen and oxygen atoms in total. The van der Waals surface area contributed by atoms with Gasteiger partial charge in [-0.15, -0.1) is 0 Å². The van der Waals surface area contributed by atoms with E-state index in [1.165, 1.54) is 0 Å². The lowest BCUT2D eigenvalue weighted by atomic mass is 9.96. The summed E-state index contributed by atoms with van der Waals surface area (Å²) in [5.41, 5.74) is 5.91. The molecule has 1 heterocycles. The molecule has 0 atom stereocenters. The van der Waals surface area contributed by atoms with E-state index in [2.05, 4.69) is 42.2 Å². The number of aromatic nitrogens is 2. The van der Waals surface area contributed by atoms with Crippen molar-refractivity contribution in [3.05, 3.63) is 76.7 Å². The van der Waals surface area contributed by atoms with Gasteiger partial charge in [0.2, 0.25) is 5.88 Å². The number of benzene rings is 2. The largest absolute Gasteiger partial charge is 0.475 e. The highest BCUT2D eigenvalue weighted by atomic mass is 16.5. The van der Waals surface area contributed by atoms with Gasteiger partial charge >= 0.3 is 0 Å². The van der Waals surface area contributed by atoms with Crippen molar-refractivity contribution in [2.75, 3.05) is 20.3 Å². The molecule has 0 fully saturated rings. The fraction of sp³-hybridized carbons (Fsp3) is 0.346. The Hall–Kier alpha value is -3.23. The van der Waals surface area contributed by atoms with Crippen molar-refractivity contribution < 1.29 is 9.47 Å². The molecule has 3 rings (SSSR count). The van der Waals surface area contributed by atoms with Gasteiger partial charge in [-0.2, -0.15) is 10.2 Å². The fourth-order valence-corrected chi connectivity index (χ4v) is 3.53. The molecule has 0 aliphatic heterocycles. The first-order chi connectivity index (χ1) is 15.2. The number of hydrogen-bond acceptors (Lipinski definition) is 5. The number of rotatable bonds is 10. The van der Waals surface area contributed by atoms with Crippen molar-refractivity contribution in [1.82, 2.24) is 9.97 Å². The zero-order chi connectivity index (χ0) is 22.1. The summed E-state index contributed by atoms with van der Waals surface area (Å²) in [4.78, 5) is 9.30. The Morgan fingerprint density at radius 2 is 1.77 bits per heavy atom. The van der Waals surface area contributed by atoms with Crippen LogP contribution < -0.4 is 4.74 Å². The monoisotopic (exact) mass is 415 g/mol. The van der Waals surface area contributed by atoms with Gasteiger partial charge in [-0.1, -0.05) is 55.8 Å². The molecule has 5 heteroatoms. The lowest BCUT2D eigenvalue weighted by molar-refractivity contribution is 0.143. The van der Waals surface area contributed by atoms with Crippen LogP contribution in [-0.4, -0.2) is 30.3 Å². The highest BCUT2D eigenvalue weighted by Crippen LogP contribution is 2.27. The molecular weight excluding hydrogens is 386 g/mol. The molecule has 2 aromatic carbocycles. The molecule has 0 saturated carbocycles. The third-order valence-corrected chi connectivity index (χ3v) is 5.15. The second kappa shape index (κ2) is 11.2. The third kappa shape index (κ3) is 5.90. The van der Waals surface area contributed by atoms with E-state index in [1.54, 1.807) is 7.11 Å². The molecule has 0 spiro atoms.